The Kier molecular flexibility index (Phi) is 2.67. The molecule has 0 aromatic rings. The van der Waals surface area contributed by atoms with Crippen molar-refractivity contribution in [2.75, 3.05) is 0 Å². The van der Waals surface area contributed by atoms with Crippen LogP contribution in [0.5, 0.6) is 0 Å². The van der Waals surface area contributed by atoms with Crippen molar-refractivity contribution in [3.63, 3.8) is 0 Å². The Balaban J connectivity index is 2.55. The standard InChI is InChI=1S/C9H15N/c1-3-8-6-5-7-10-9(8)4-2/h5-9H,3-4H2,1-2H3. The van der Waals surface area contributed by atoms with Crippen LogP contribution >= 0.6 is 0 Å². The predicted molar refractivity (Wildman–Crippen MR) is 45.5 cm³/mol. The van der Waals surface area contributed by atoms with Gasteiger partial charge in [0.1, 0.15) is 0 Å². The summed E-state index contributed by atoms with van der Waals surface area (Å²) in [7, 11) is 0. The molecule has 0 spiro atoms. The highest BCUT2D eigenvalue weighted by Gasteiger charge is 2.14. The number of hydrogen-bond donors (Lipinski definition) is 0. The van der Waals surface area contributed by atoms with Gasteiger partial charge in [0.2, 0.25) is 0 Å². The Hall–Kier alpha value is -0.590. The van der Waals surface area contributed by atoms with Crippen LogP contribution in [0.3, 0.4) is 0 Å². The highest BCUT2D eigenvalue weighted by molar-refractivity contribution is 5.72. The molecule has 1 nitrogen and oxygen atoms in total. The summed E-state index contributed by atoms with van der Waals surface area (Å²) in [6.45, 7) is 4.42. The second-order valence-corrected chi connectivity index (χ2v) is 2.73. The van der Waals surface area contributed by atoms with Gasteiger partial charge in [0.25, 0.3) is 0 Å². The number of dihydropyridines is 1. The van der Waals surface area contributed by atoms with Crippen molar-refractivity contribution < 1.29 is 0 Å². The lowest BCUT2D eigenvalue weighted by Gasteiger charge is -2.20. The zero-order valence-electron chi connectivity index (χ0n) is 6.75. The summed E-state index contributed by atoms with van der Waals surface area (Å²) in [5.74, 6) is 0.690. The zero-order valence-corrected chi connectivity index (χ0v) is 6.75. The average molecular weight is 137 g/mol. The van der Waals surface area contributed by atoms with Crippen molar-refractivity contribution in [1.29, 1.82) is 0 Å². The van der Waals surface area contributed by atoms with E-state index in [1.807, 2.05) is 6.21 Å². The molecule has 0 aromatic heterocycles. The van der Waals surface area contributed by atoms with Crippen molar-refractivity contribution in [3.05, 3.63) is 12.2 Å². The maximum atomic E-state index is 4.39. The quantitative estimate of drug-likeness (QED) is 0.554. The molecule has 0 fully saturated rings. The lowest BCUT2D eigenvalue weighted by atomic mass is 9.93. The van der Waals surface area contributed by atoms with E-state index < -0.39 is 0 Å². The monoisotopic (exact) mass is 137 g/mol. The van der Waals surface area contributed by atoms with E-state index in [0.717, 1.165) is 0 Å². The third-order valence-corrected chi connectivity index (χ3v) is 2.11. The summed E-state index contributed by atoms with van der Waals surface area (Å²) in [4.78, 5) is 4.39. The number of allylic oxidation sites excluding steroid dienone is 1. The Morgan fingerprint density at radius 1 is 1.30 bits per heavy atom. The van der Waals surface area contributed by atoms with E-state index in [9.17, 15) is 0 Å². The molecule has 0 bridgehead atoms. The van der Waals surface area contributed by atoms with E-state index >= 15 is 0 Å². The second kappa shape index (κ2) is 3.55. The van der Waals surface area contributed by atoms with Crippen LogP contribution < -0.4 is 0 Å². The predicted octanol–water partition coefficient (Wildman–Crippen LogP) is 2.43. The fraction of sp³-hybridized carbons (Fsp3) is 0.667. The van der Waals surface area contributed by atoms with Gasteiger partial charge in [0.15, 0.2) is 0 Å². The summed E-state index contributed by atoms with van der Waals surface area (Å²) in [6.07, 6.45) is 8.62. The Morgan fingerprint density at radius 2 is 2.10 bits per heavy atom. The lowest BCUT2D eigenvalue weighted by Crippen LogP contribution is -2.17. The molecule has 1 heterocycles. The number of nitrogens with zero attached hydrogens (tertiary/aromatic N) is 1. The van der Waals surface area contributed by atoms with E-state index in [-0.39, 0.29) is 0 Å². The summed E-state index contributed by atoms with van der Waals surface area (Å²) < 4.78 is 0. The smallest absolute Gasteiger partial charge is 0.0559 e. The molecule has 1 rings (SSSR count). The van der Waals surface area contributed by atoms with E-state index in [0.29, 0.717) is 12.0 Å². The minimum Gasteiger partial charge on any atom is -0.289 e. The van der Waals surface area contributed by atoms with Crippen LogP contribution in [0.4, 0.5) is 0 Å². The van der Waals surface area contributed by atoms with E-state index in [1.54, 1.807) is 0 Å². The molecule has 1 heteroatoms. The highest BCUT2D eigenvalue weighted by Crippen LogP contribution is 2.18. The van der Waals surface area contributed by atoms with Crippen molar-refractivity contribution >= 4 is 6.21 Å². The fourth-order valence-corrected chi connectivity index (χ4v) is 1.41. The minimum atomic E-state index is 0.551. The Morgan fingerprint density at radius 3 is 2.60 bits per heavy atom. The van der Waals surface area contributed by atoms with Crippen LogP contribution in [0.25, 0.3) is 0 Å². The summed E-state index contributed by atoms with van der Waals surface area (Å²) in [6, 6.07) is 0.551. The molecule has 0 radical (unpaired) electrons. The van der Waals surface area contributed by atoms with Gasteiger partial charge < -0.3 is 0 Å². The molecule has 0 aliphatic carbocycles. The maximum Gasteiger partial charge on any atom is 0.0559 e. The molecule has 0 aromatic carbocycles. The van der Waals surface area contributed by atoms with Gasteiger partial charge in [-0.2, -0.15) is 0 Å². The summed E-state index contributed by atoms with van der Waals surface area (Å²) in [5.41, 5.74) is 0. The molecule has 2 unspecified atom stereocenters. The molecular formula is C9H15N. The van der Waals surface area contributed by atoms with Gasteiger partial charge in [-0.25, -0.2) is 0 Å². The van der Waals surface area contributed by atoms with Crippen LogP contribution in [-0.4, -0.2) is 12.3 Å². The van der Waals surface area contributed by atoms with Crippen molar-refractivity contribution in [2.24, 2.45) is 10.9 Å². The summed E-state index contributed by atoms with van der Waals surface area (Å²) in [5, 5.41) is 0. The highest BCUT2D eigenvalue weighted by atomic mass is 14.8. The van der Waals surface area contributed by atoms with Crippen molar-refractivity contribution in [3.8, 4) is 0 Å². The lowest BCUT2D eigenvalue weighted by molar-refractivity contribution is 0.476. The van der Waals surface area contributed by atoms with E-state index in [2.05, 4.69) is 31.0 Å². The third-order valence-electron chi connectivity index (χ3n) is 2.11. The van der Waals surface area contributed by atoms with Crippen molar-refractivity contribution in [2.45, 2.75) is 32.7 Å². The van der Waals surface area contributed by atoms with Crippen molar-refractivity contribution in [1.82, 2.24) is 0 Å². The largest absolute Gasteiger partial charge is 0.289 e. The van der Waals surface area contributed by atoms with Crippen LogP contribution in [-0.2, 0) is 0 Å². The molecule has 10 heavy (non-hydrogen) atoms. The van der Waals surface area contributed by atoms with Crippen LogP contribution in [0, 0.1) is 5.92 Å². The van der Waals surface area contributed by atoms with E-state index in [1.165, 1.54) is 12.8 Å². The molecule has 1 aliphatic heterocycles. The molecule has 0 saturated carbocycles. The first-order valence-electron chi connectivity index (χ1n) is 4.08. The number of rotatable bonds is 2. The normalized spacial score (nSPS) is 31.0. The van der Waals surface area contributed by atoms with E-state index in [4.69, 9.17) is 0 Å². The first-order chi connectivity index (χ1) is 4.88. The van der Waals surface area contributed by atoms with Gasteiger partial charge in [-0.15, -0.1) is 0 Å². The molecule has 0 N–H and O–H groups in total. The number of hydrogen-bond acceptors (Lipinski definition) is 1. The molecular weight excluding hydrogens is 122 g/mol. The zero-order chi connectivity index (χ0) is 7.40. The maximum absolute atomic E-state index is 4.39. The van der Waals surface area contributed by atoms with Gasteiger partial charge in [-0.05, 0) is 24.8 Å². The molecule has 0 amide bonds. The van der Waals surface area contributed by atoms with Gasteiger partial charge >= 0.3 is 0 Å². The topological polar surface area (TPSA) is 12.4 Å². The Bertz CT molecular complexity index is 129. The molecule has 2 atom stereocenters. The van der Waals surface area contributed by atoms with Gasteiger partial charge in [0, 0.05) is 6.21 Å². The fourth-order valence-electron chi connectivity index (χ4n) is 1.41. The first kappa shape index (κ1) is 7.52. The average Bonchev–Trinajstić information content (AvgIpc) is 2.04. The van der Waals surface area contributed by atoms with Gasteiger partial charge in [-0.1, -0.05) is 19.9 Å². The third kappa shape index (κ3) is 1.47. The minimum absolute atomic E-state index is 0.551. The van der Waals surface area contributed by atoms with Gasteiger partial charge in [-0.3, -0.25) is 4.99 Å². The van der Waals surface area contributed by atoms with Crippen LogP contribution in [0.1, 0.15) is 26.7 Å². The number of aliphatic imine (C=N–C) groups is 1. The molecule has 56 valence electrons. The second-order valence-electron chi connectivity index (χ2n) is 2.73. The van der Waals surface area contributed by atoms with Crippen LogP contribution in [0.15, 0.2) is 17.1 Å². The first-order valence-corrected chi connectivity index (χ1v) is 4.08. The van der Waals surface area contributed by atoms with Gasteiger partial charge in [0.05, 0.1) is 6.04 Å². The molecule has 1 aliphatic rings. The Labute approximate surface area is 62.9 Å². The van der Waals surface area contributed by atoms with Crippen LogP contribution in [0.2, 0.25) is 0 Å². The SMILES string of the molecule is CCC1C=CC=NC1CC. The molecule has 0 saturated heterocycles. The summed E-state index contributed by atoms with van der Waals surface area (Å²) >= 11 is 0.